The summed E-state index contributed by atoms with van der Waals surface area (Å²) in [6.07, 6.45) is -1.00. The summed E-state index contributed by atoms with van der Waals surface area (Å²) in [5, 5.41) is 11.7. The van der Waals surface area contributed by atoms with Crippen molar-refractivity contribution in [3.63, 3.8) is 0 Å². The van der Waals surface area contributed by atoms with Gasteiger partial charge in [-0.1, -0.05) is 17.7 Å². The Balaban J connectivity index is 1.94. The monoisotopic (exact) mass is 509 g/mol. The van der Waals surface area contributed by atoms with E-state index in [1.807, 2.05) is 4.90 Å². The molecule has 1 aliphatic heterocycles. The average Bonchev–Trinajstić information content (AvgIpc) is 2.80. The minimum absolute atomic E-state index is 0.0335. The second-order valence-electron chi connectivity index (χ2n) is 8.55. The van der Waals surface area contributed by atoms with Crippen LogP contribution >= 0.6 is 11.6 Å². The molecule has 12 heteroatoms. The Morgan fingerprint density at radius 2 is 1.89 bits per heavy atom. The molecule has 0 saturated carbocycles. The van der Waals surface area contributed by atoms with Crippen LogP contribution in [0.4, 0.5) is 24.9 Å². The number of alkyl halides is 3. The molecule has 1 aliphatic rings. The topological polar surface area (TPSA) is 100 Å². The fourth-order valence-electron chi connectivity index (χ4n) is 4.33. The number of pyridine rings is 1. The Kier molecular flexibility index (Phi) is 6.63. The lowest BCUT2D eigenvalue weighted by Gasteiger charge is -2.30. The Morgan fingerprint density at radius 3 is 2.51 bits per heavy atom. The van der Waals surface area contributed by atoms with Gasteiger partial charge in [-0.15, -0.1) is 0 Å². The van der Waals surface area contributed by atoms with Gasteiger partial charge >= 0.3 is 12.1 Å². The van der Waals surface area contributed by atoms with Crippen molar-refractivity contribution in [1.29, 1.82) is 0 Å². The highest BCUT2D eigenvalue weighted by Crippen LogP contribution is 2.39. The molecule has 2 aromatic heterocycles. The Morgan fingerprint density at radius 1 is 1.20 bits per heavy atom. The summed E-state index contributed by atoms with van der Waals surface area (Å²) in [6.45, 7) is 2.87. The first-order valence-electron chi connectivity index (χ1n) is 11.0. The Hall–Kier alpha value is -3.34. The number of aryl methyl sites for hydroxylation is 1. The zero-order valence-electron chi connectivity index (χ0n) is 19.0. The van der Waals surface area contributed by atoms with Crippen LogP contribution in [0.1, 0.15) is 46.8 Å². The molecule has 2 N–H and O–H groups in total. The molecule has 1 saturated heterocycles. The number of hydrogen-bond donors (Lipinski definition) is 2. The molecule has 3 heterocycles. The third-order valence-electron chi connectivity index (χ3n) is 5.97. The van der Waals surface area contributed by atoms with Crippen molar-refractivity contribution in [3.8, 4) is 0 Å². The zero-order valence-corrected chi connectivity index (χ0v) is 19.7. The van der Waals surface area contributed by atoms with E-state index in [0.717, 1.165) is 31.5 Å². The lowest BCUT2D eigenvalue weighted by molar-refractivity contribution is -0.143. The van der Waals surface area contributed by atoms with Crippen molar-refractivity contribution in [3.05, 3.63) is 56.5 Å². The van der Waals surface area contributed by atoms with Crippen LogP contribution in [0.25, 0.3) is 10.9 Å². The number of aromatic nitrogens is 3. The van der Waals surface area contributed by atoms with E-state index in [1.165, 1.54) is 16.7 Å². The molecule has 4 rings (SSSR count). The number of carbonyl (C=O) groups is 1. The first-order valence-corrected chi connectivity index (χ1v) is 11.3. The molecule has 1 unspecified atom stereocenters. The minimum atomic E-state index is -4.87. The van der Waals surface area contributed by atoms with Gasteiger partial charge in [0.1, 0.15) is 11.4 Å². The summed E-state index contributed by atoms with van der Waals surface area (Å²) >= 11 is 5.80. The van der Waals surface area contributed by atoms with E-state index >= 15 is 0 Å². The van der Waals surface area contributed by atoms with E-state index in [0.29, 0.717) is 24.6 Å². The van der Waals surface area contributed by atoms with Crippen LogP contribution < -0.4 is 15.8 Å². The van der Waals surface area contributed by atoms with Crippen LogP contribution in [0.3, 0.4) is 0 Å². The van der Waals surface area contributed by atoms with Gasteiger partial charge in [0, 0.05) is 31.9 Å². The lowest BCUT2D eigenvalue weighted by Crippen LogP contribution is -2.36. The molecule has 1 aromatic carbocycles. The predicted octanol–water partition coefficient (Wildman–Crippen LogP) is 4.69. The summed E-state index contributed by atoms with van der Waals surface area (Å²) in [7, 11) is 1.55. The molecule has 0 amide bonds. The summed E-state index contributed by atoms with van der Waals surface area (Å²) in [5.41, 5.74) is -0.939. The minimum Gasteiger partial charge on any atom is -0.478 e. The number of hydrogen-bond acceptors (Lipinski definition) is 6. The Bertz CT molecular complexity index is 1350. The van der Waals surface area contributed by atoms with Gasteiger partial charge in [-0.25, -0.2) is 14.8 Å². The maximum atomic E-state index is 14.4. The van der Waals surface area contributed by atoms with E-state index in [4.69, 9.17) is 11.6 Å². The molecule has 0 spiro atoms. The van der Waals surface area contributed by atoms with Crippen molar-refractivity contribution >= 4 is 40.2 Å². The fraction of sp³-hybridized carbons (Fsp3) is 0.391. The molecule has 8 nitrogen and oxygen atoms in total. The molecule has 1 fully saturated rings. The van der Waals surface area contributed by atoms with Gasteiger partial charge in [0.2, 0.25) is 5.95 Å². The molecule has 1 atom stereocenters. The van der Waals surface area contributed by atoms with Crippen LogP contribution in [0.5, 0.6) is 0 Å². The van der Waals surface area contributed by atoms with Gasteiger partial charge in [-0.3, -0.25) is 9.36 Å². The van der Waals surface area contributed by atoms with Crippen LogP contribution in [0.15, 0.2) is 29.2 Å². The number of carboxylic acid groups (broad SMARTS) is 1. The standard InChI is InChI=1S/C23H23ClF3N5O3/c1-12-8-14(18(23(25,26)27)30-19-16(21(34)35)10-13(24)11-28-19)17-15(9-12)20(33)31(2)22(29-17)32-6-4-3-5-7-32/h8-11,18H,3-7H2,1-2H3,(H,28,30)(H,34,35). The van der Waals surface area contributed by atoms with E-state index in [-0.39, 0.29) is 21.5 Å². The number of fused-ring (bicyclic) bond motifs is 1. The largest absolute Gasteiger partial charge is 0.478 e. The summed E-state index contributed by atoms with van der Waals surface area (Å²) < 4.78 is 44.6. The highest BCUT2D eigenvalue weighted by molar-refractivity contribution is 6.30. The molecular weight excluding hydrogens is 487 g/mol. The highest BCUT2D eigenvalue weighted by atomic mass is 35.5. The number of piperidine rings is 1. The SMILES string of the molecule is Cc1cc(C(Nc2ncc(Cl)cc2C(=O)O)C(F)(F)F)c2nc(N3CCCCC3)n(C)c(=O)c2c1. The molecule has 35 heavy (non-hydrogen) atoms. The van der Waals surface area contributed by atoms with Gasteiger partial charge in [0.05, 0.1) is 15.9 Å². The summed E-state index contributed by atoms with van der Waals surface area (Å²) in [4.78, 5) is 35.0. The normalized spacial score (nSPS) is 15.3. The first kappa shape index (κ1) is 24.8. The van der Waals surface area contributed by atoms with E-state index in [2.05, 4.69) is 15.3 Å². The predicted molar refractivity (Wildman–Crippen MR) is 126 cm³/mol. The summed E-state index contributed by atoms with van der Waals surface area (Å²) in [5.74, 6) is -1.69. The quantitative estimate of drug-likeness (QED) is 0.514. The van der Waals surface area contributed by atoms with Crippen molar-refractivity contribution in [2.45, 2.75) is 38.4 Å². The fourth-order valence-corrected chi connectivity index (χ4v) is 4.49. The van der Waals surface area contributed by atoms with E-state index in [1.54, 1.807) is 14.0 Å². The molecule has 186 valence electrons. The molecule has 0 bridgehead atoms. The average molecular weight is 510 g/mol. The van der Waals surface area contributed by atoms with Gasteiger partial charge in [-0.05, 0) is 43.9 Å². The maximum absolute atomic E-state index is 14.4. The number of carboxylic acids is 1. The second kappa shape index (κ2) is 9.37. The molecule has 0 radical (unpaired) electrons. The van der Waals surface area contributed by atoms with Crippen molar-refractivity contribution in [2.75, 3.05) is 23.3 Å². The van der Waals surface area contributed by atoms with Crippen LogP contribution in [0.2, 0.25) is 5.02 Å². The van der Waals surface area contributed by atoms with Crippen molar-refractivity contribution in [1.82, 2.24) is 14.5 Å². The number of anilines is 2. The number of rotatable bonds is 5. The number of nitrogens with one attached hydrogen (secondary N) is 1. The lowest BCUT2D eigenvalue weighted by atomic mass is 9.99. The molecule has 3 aromatic rings. The van der Waals surface area contributed by atoms with Gasteiger partial charge in [0.15, 0.2) is 6.04 Å². The number of aromatic carboxylic acids is 1. The smallest absolute Gasteiger partial charge is 0.412 e. The van der Waals surface area contributed by atoms with Crippen LogP contribution in [-0.2, 0) is 7.05 Å². The van der Waals surface area contributed by atoms with Gasteiger partial charge < -0.3 is 15.3 Å². The number of benzene rings is 1. The Labute approximate surface area is 203 Å². The van der Waals surface area contributed by atoms with Crippen LogP contribution in [0, 0.1) is 6.92 Å². The van der Waals surface area contributed by atoms with E-state index < -0.39 is 35.1 Å². The number of halogens is 4. The third kappa shape index (κ3) is 4.90. The second-order valence-corrected chi connectivity index (χ2v) is 8.98. The first-order chi connectivity index (χ1) is 16.5. The highest BCUT2D eigenvalue weighted by Gasteiger charge is 2.43. The zero-order chi connectivity index (χ0) is 25.5. The van der Waals surface area contributed by atoms with Crippen molar-refractivity contribution in [2.24, 2.45) is 7.05 Å². The van der Waals surface area contributed by atoms with Crippen molar-refractivity contribution < 1.29 is 23.1 Å². The molecular formula is C23H23ClF3N5O3. The van der Waals surface area contributed by atoms with Gasteiger partial charge in [-0.2, -0.15) is 13.2 Å². The molecule has 0 aliphatic carbocycles. The van der Waals surface area contributed by atoms with E-state index in [9.17, 15) is 27.9 Å². The van der Waals surface area contributed by atoms with Gasteiger partial charge in [0.25, 0.3) is 5.56 Å². The summed E-state index contributed by atoms with van der Waals surface area (Å²) in [6, 6.07) is 1.44. The maximum Gasteiger partial charge on any atom is 0.412 e. The number of nitrogens with zero attached hydrogens (tertiary/aromatic N) is 4. The third-order valence-corrected chi connectivity index (χ3v) is 6.18. The van der Waals surface area contributed by atoms with Crippen LogP contribution in [-0.4, -0.2) is 44.9 Å².